The van der Waals surface area contributed by atoms with Crippen molar-refractivity contribution in [2.75, 3.05) is 24.7 Å². The second kappa shape index (κ2) is 9.99. The van der Waals surface area contributed by atoms with E-state index < -0.39 is 0 Å². The van der Waals surface area contributed by atoms with Crippen molar-refractivity contribution in [2.24, 2.45) is 5.10 Å². The van der Waals surface area contributed by atoms with Gasteiger partial charge in [-0.25, -0.2) is 5.43 Å². The Morgan fingerprint density at radius 3 is 2.64 bits per heavy atom. The first-order chi connectivity index (χ1) is 12.0. The zero-order chi connectivity index (χ0) is 18.2. The summed E-state index contributed by atoms with van der Waals surface area (Å²) in [7, 11) is 3.97. The van der Waals surface area contributed by atoms with Crippen LogP contribution in [0.25, 0.3) is 0 Å². The van der Waals surface area contributed by atoms with Crippen LogP contribution in [0.5, 0.6) is 0 Å². The van der Waals surface area contributed by atoms with Crippen molar-refractivity contribution >= 4 is 61.4 Å². The predicted molar refractivity (Wildman–Crippen MR) is 115 cm³/mol. The smallest absolute Gasteiger partial charge is 0.250 e. The molecule has 2 aromatic carbocycles. The van der Waals surface area contributed by atoms with E-state index in [9.17, 15) is 4.79 Å². The van der Waals surface area contributed by atoms with Crippen LogP contribution in [0.3, 0.4) is 0 Å². The number of rotatable bonds is 7. The number of anilines is 1. The Bertz CT molecular complexity index is 766. The first-order valence-electron chi connectivity index (χ1n) is 7.57. The van der Waals surface area contributed by atoms with E-state index in [0.29, 0.717) is 5.75 Å². The quantitative estimate of drug-likeness (QED) is 0.459. The molecule has 0 unspecified atom stereocenters. The Morgan fingerprint density at radius 1 is 1.20 bits per heavy atom. The summed E-state index contributed by atoms with van der Waals surface area (Å²) in [6, 6.07) is 13.9. The number of carbonyl (C=O) groups excluding carboxylic acids is 1. The minimum Gasteiger partial charge on any atom is -0.377 e. The molecule has 0 saturated carbocycles. The van der Waals surface area contributed by atoms with Gasteiger partial charge >= 0.3 is 0 Å². The largest absolute Gasteiger partial charge is 0.377 e. The third-order valence-electron chi connectivity index (χ3n) is 3.30. The first-order valence-corrected chi connectivity index (χ1v) is 10.3. The summed E-state index contributed by atoms with van der Waals surface area (Å²) in [5.41, 5.74) is 5.74. The van der Waals surface area contributed by atoms with Crippen molar-refractivity contribution < 1.29 is 4.79 Å². The van der Waals surface area contributed by atoms with Crippen molar-refractivity contribution in [1.29, 1.82) is 0 Å². The Kier molecular flexibility index (Phi) is 7.99. The van der Waals surface area contributed by atoms with Crippen molar-refractivity contribution in [3.63, 3.8) is 0 Å². The van der Waals surface area contributed by atoms with E-state index in [4.69, 9.17) is 0 Å². The maximum Gasteiger partial charge on any atom is 0.250 e. The van der Waals surface area contributed by atoms with Gasteiger partial charge in [0.15, 0.2) is 0 Å². The van der Waals surface area contributed by atoms with Crippen LogP contribution in [-0.4, -0.2) is 32.0 Å². The molecular weight excluding hydrogens is 466 g/mol. The predicted octanol–water partition coefficient (Wildman–Crippen LogP) is 4.66. The van der Waals surface area contributed by atoms with E-state index in [0.717, 1.165) is 25.9 Å². The fourth-order valence-electron chi connectivity index (χ4n) is 2.05. The van der Waals surface area contributed by atoms with E-state index in [1.807, 2.05) is 61.5 Å². The molecule has 2 rings (SSSR count). The second-order valence-electron chi connectivity index (χ2n) is 5.48. The van der Waals surface area contributed by atoms with Gasteiger partial charge in [0.2, 0.25) is 5.91 Å². The minimum absolute atomic E-state index is 0.114. The van der Waals surface area contributed by atoms with Gasteiger partial charge in [-0.3, -0.25) is 4.79 Å². The molecule has 0 bridgehead atoms. The molecule has 0 spiro atoms. The lowest BCUT2D eigenvalue weighted by molar-refractivity contribution is -0.118. The summed E-state index contributed by atoms with van der Waals surface area (Å²) in [4.78, 5) is 13.9. The highest BCUT2D eigenvalue weighted by Gasteiger charge is 2.04. The molecule has 7 heteroatoms. The van der Waals surface area contributed by atoms with Gasteiger partial charge in [0, 0.05) is 28.8 Å². The standard InChI is InChI=1S/C18H19Br2N3OS/c1-23(2)17-8-7-13(9-16(17)20)10-21-22-18(24)12-25-11-14-5-3-4-6-15(14)19/h3-10H,11-12H2,1-2H3,(H,22,24). The number of hydrogen-bond acceptors (Lipinski definition) is 4. The Labute approximate surface area is 169 Å². The molecule has 2 aromatic rings. The van der Waals surface area contributed by atoms with Gasteiger partial charge in [-0.15, -0.1) is 11.8 Å². The van der Waals surface area contributed by atoms with Crippen LogP contribution in [0.2, 0.25) is 0 Å². The van der Waals surface area contributed by atoms with Crippen LogP contribution in [-0.2, 0) is 10.5 Å². The van der Waals surface area contributed by atoms with Crippen LogP contribution in [0.1, 0.15) is 11.1 Å². The van der Waals surface area contributed by atoms with Crippen LogP contribution >= 0.6 is 43.6 Å². The van der Waals surface area contributed by atoms with Gasteiger partial charge in [-0.1, -0.05) is 40.2 Å². The van der Waals surface area contributed by atoms with E-state index in [-0.39, 0.29) is 5.91 Å². The van der Waals surface area contributed by atoms with Crippen LogP contribution in [0.4, 0.5) is 5.69 Å². The van der Waals surface area contributed by atoms with Crippen molar-refractivity contribution in [3.05, 3.63) is 62.5 Å². The minimum atomic E-state index is -0.114. The zero-order valence-corrected chi connectivity index (χ0v) is 18.0. The van der Waals surface area contributed by atoms with Gasteiger partial charge in [0.05, 0.1) is 17.7 Å². The summed E-state index contributed by atoms with van der Waals surface area (Å²) in [5.74, 6) is 1.02. The fraction of sp³-hybridized carbons (Fsp3) is 0.222. The molecule has 1 N–H and O–H groups in total. The molecule has 0 aliphatic carbocycles. The Balaban J connectivity index is 1.79. The number of halogens is 2. The van der Waals surface area contributed by atoms with Gasteiger partial charge in [0.1, 0.15) is 0 Å². The number of amides is 1. The summed E-state index contributed by atoms with van der Waals surface area (Å²) in [6.45, 7) is 0. The molecule has 4 nitrogen and oxygen atoms in total. The lowest BCUT2D eigenvalue weighted by Crippen LogP contribution is -2.19. The fourth-order valence-corrected chi connectivity index (χ4v) is 4.23. The molecule has 132 valence electrons. The molecule has 0 aliphatic rings. The lowest BCUT2D eigenvalue weighted by Gasteiger charge is -2.14. The average molecular weight is 485 g/mol. The molecule has 0 heterocycles. The third-order valence-corrected chi connectivity index (χ3v) is 5.70. The highest BCUT2D eigenvalue weighted by Crippen LogP contribution is 2.25. The third kappa shape index (κ3) is 6.49. The summed E-state index contributed by atoms with van der Waals surface area (Å²) in [6.07, 6.45) is 1.64. The first kappa shape index (κ1) is 20.0. The van der Waals surface area contributed by atoms with E-state index in [2.05, 4.69) is 42.4 Å². The van der Waals surface area contributed by atoms with E-state index in [1.54, 1.807) is 18.0 Å². The zero-order valence-electron chi connectivity index (χ0n) is 14.0. The van der Waals surface area contributed by atoms with Crippen LogP contribution in [0, 0.1) is 0 Å². The molecule has 0 aliphatic heterocycles. The number of benzene rings is 2. The topological polar surface area (TPSA) is 44.7 Å². The van der Waals surface area contributed by atoms with Crippen molar-refractivity contribution in [2.45, 2.75) is 5.75 Å². The summed E-state index contributed by atoms with van der Waals surface area (Å²) < 4.78 is 2.05. The molecule has 0 saturated heterocycles. The molecule has 0 aromatic heterocycles. The van der Waals surface area contributed by atoms with E-state index in [1.165, 1.54) is 5.56 Å². The SMILES string of the molecule is CN(C)c1ccc(C=NNC(=O)CSCc2ccccc2Br)cc1Br. The highest BCUT2D eigenvalue weighted by atomic mass is 79.9. The monoisotopic (exact) mass is 483 g/mol. The van der Waals surface area contributed by atoms with Gasteiger partial charge in [0.25, 0.3) is 0 Å². The average Bonchev–Trinajstić information content (AvgIpc) is 2.56. The lowest BCUT2D eigenvalue weighted by atomic mass is 10.2. The number of hydrazone groups is 1. The molecule has 25 heavy (non-hydrogen) atoms. The second-order valence-corrected chi connectivity index (χ2v) is 8.18. The molecule has 0 atom stereocenters. The number of nitrogens with one attached hydrogen (secondary N) is 1. The van der Waals surface area contributed by atoms with Crippen LogP contribution in [0.15, 0.2) is 56.5 Å². The summed E-state index contributed by atoms with van der Waals surface area (Å²) in [5, 5.41) is 4.02. The van der Waals surface area contributed by atoms with Crippen molar-refractivity contribution in [3.8, 4) is 0 Å². The van der Waals surface area contributed by atoms with E-state index >= 15 is 0 Å². The number of thioether (sulfide) groups is 1. The number of hydrogen-bond donors (Lipinski definition) is 1. The Hall–Kier alpha value is -1.31. The van der Waals surface area contributed by atoms with Gasteiger partial charge in [-0.05, 0) is 45.3 Å². The van der Waals surface area contributed by atoms with Crippen LogP contribution < -0.4 is 10.3 Å². The maximum atomic E-state index is 11.8. The maximum absolute atomic E-state index is 11.8. The molecular formula is C18H19Br2N3OS. The number of nitrogens with zero attached hydrogens (tertiary/aromatic N) is 2. The summed E-state index contributed by atoms with van der Waals surface area (Å²) >= 11 is 8.59. The number of carbonyl (C=O) groups is 1. The normalized spacial score (nSPS) is 10.9. The molecule has 0 radical (unpaired) electrons. The Morgan fingerprint density at radius 2 is 1.96 bits per heavy atom. The van der Waals surface area contributed by atoms with Gasteiger partial charge in [-0.2, -0.15) is 5.10 Å². The highest BCUT2D eigenvalue weighted by molar-refractivity contribution is 9.11. The molecule has 1 amide bonds. The molecule has 0 fully saturated rings. The van der Waals surface area contributed by atoms with Crippen molar-refractivity contribution in [1.82, 2.24) is 5.43 Å². The van der Waals surface area contributed by atoms with Gasteiger partial charge < -0.3 is 4.90 Å².